The van der Waals surface area contributed by atoms with Gasteiger partial charge in [0, 0.05) is 12.4 Å². The van der Waals surface area contributed by atoms with Gasteiger partial charge in [-0.15, -0.1) is 0 Å². The minimum atomic E-state index is 0.883. The summed E-state index contributed by atoms with van der Waals surface area (Å²) in [7, 11) is 0. The Morgan fingerprint density at radius 2 is 1.12 bits per heavy atom. The molecule has 0 N–H and O–H groups in total. The molecule has 4 aromatic carbocycles. The Bertz CT molecular complexity index is 1550. The molecule has 0 aliphatic rings. The van der Waals surface area contributed by atoms with Gasteiger partial charge in [0.25, 0.3) is 0 Å². The molecule has 2 heterocycles. The summed E-state index contributed by atoms with van der Waals surface area (Å²) >= 11 is 0. The van der Waals surface area contributed by atoms with Crippen LogP contribution in [-0.4, -0.2) is 9.97 Å². The van der Waals surface area contributed by atoms with Crippen LogP contribution in [0.15, 0.2) is 122 Å². The Morgan fingerprint density at radius 3 is 1.94 bits per heavy atom. The summed E-state index contributed by atoms with van der Waals surface area (Å²) in [6.07, 6.45) is 3.65. The maximum absolute atomic E-state index is 4.50. The molecule has 0 aliphatic carbocycles. The molecule has 0 atom stereocenters. The topological polar surface area (TPSA) is 25.8 Å². The molecule has 6 aromatic rings. The number of benzene rings is 4. The minimum Gasteiger partial charge on any atom is -0.255 e. The summed E-state index contributed by atoms with van der Waals surface area (Å²) in [5.41, 5.74) is 6.54. The zero-order valence-corrected chi connectivity index (χ0v) is 17.4. The Morgan fingerprint density at radius 1 is 0.406 bits per heavy atom. The van der Waals surface area contributed by atoms with E-state index in [1.807, 2.05) is 30.5 Å². The lowest BCUT2D eigenvalue weighted by atomic mass is 9.94. The third-order valence-electron chi connectivity index (χ3n) is 5.96. The quantitative estimate of drug-likeness (QED) is 0.279. The van der Waals surface area contributed by atoms with Gasteiger partial charge in [-0.2, -0.15) is 0 Å². The van der Waals surface area contributed by atoms with Crippen molar-refractivity contribution in [2.75, 3.05) is 0 Å². The number of pyridine rings is 2. The first-order valence-corrected chi connectivity index (χ1v) is 10.7. The van der Waals surface area contributed by atoms with Crippen LogP contribution in [0.5, 0.6) is 0 Å². The van der Waals surface area contributed by atoms with Crippen LogP contribution in [0.1, 0.15) is 0 Å². The van der Waals surface area contributed by atoms with E-state index in [0.717, 1.165) is 17.0 Å². The van der Waals surface area contributed by atoms with E-state index in [9.17, 15) is 0 Å². The van der Waals surface area contributed by atoms with Gasteiger partial charge in [0.05, 0.1) is 11.4 Å². The van der Waals surface area contributed by atoms with Crippen molar-refractivity contribution >= 4 is 21.5 Å². The molecular formula is C30H20N2. The molecule has 0 fully saturated rings. The summed E-state index contributed by atoms with van der Waals surface area (Å²) in [4.78, 5) is 8.92. The SMILES string of the molecule is c1ccc(-c2cc(-c3ccc(-c4cccc5cc6ccccc6cc45)cc3)ccn2)nc1. The molecule has 0 amide bonds. The van der Waals surface area contributed by atoms with Crippen molar-refractivity contribution in [3.8, 4) is 33.6 Å². The number of nitrogens with zero attached hydrogens (tertiary/aromatic N) is 2. The fourth-order valence-corrected chi connectivity index (χ4v) is 4.33. The third kappa shape index (κ3) is 3.32. The average Bonchev–Trinajstić information content (AvgIpc) is 2.88. The van der Waals surface area contributed by atoms with E-state index < -0.39 is 0 Å². The molecule has 32 heavy (non-hydrogen) atoms. The second-order valence-corrected chi connectivity index (χ2v) is 7.95. The van der Waals surface area contributed by atoms with Crippen LogP contribution in [-0.2, 0) is 0 Å². The van der Waals surface area contributed by atoms with E-state index in [4.69, 9.17) is 0 Å². The molecule has 0 bridgehead atoms. The van der Waals surface area contributed by atoms with Crippen LogP contribution in [0.3, 0.4) is 0 Å². The molecule has 0 spiro atoms. The molecule has 0 aliphatic heterocycles. The van der Waals surface area contributed by atoms with Crippen LogP contribution < -0.4 is 0 Å². The molecule has 150 valence electrons. The highest BCUT2D eigenvalue weighted by atomic mass is 14.8. The van der Waals surface area contributed by atoms with Crippen molar-refractivity contribution in [3.63, 3.8) is 0 Å². The molecule has 2 nitrogen and oxygen atoms in total. The summed E-state index contributed by atoms with van der Waals surface area (Å²) < 4.78 is 0. The van der Waals surface area contributed by atoms with Gasteiger partial charge in [0.2, 0.25) is 0 Å². The van der Waals surface area contributed by atoms with Crippen molar-refractivity contribution in [1.82, 2.24) is 9.97 Å². The fraction of sp³-hybridized carbons (Fsp3) is 0. The van der Waals surface area contributed by atoms with Crippen molar-refractivity contribution in [2.45, 2.75) is 0 Å². The van der Waals surface area contributed by atoms with E-state index in [1.165, 1.54) is 38.2 Å². The number of hydrogen-bond acceptors (Lipinski definition) is 2. The van der Waals surface area contributed by atoms with Crippen molar-refractivity contribution in [1.29, 1.82) is 0 Å². The highest BCUT2D eigenvalue weighted by Crippen LogP contribution is 2.33. The van der Waals surface area contributed by atoms with Crippen molar-refractivity contribution < 1.29 is 0 Å². The molecule has 2 aromatic heterocycles. The minimum absolute atomic E-state index is 0.883. The maximum Gasteiger partial charge on any atom is 0.0892 e. The van der Waals surface area contributed by atoms with Gasteiger partial charge in [-0.3, -0.25) is 9.97 Å². The van der Waals surface area contributed by atoms with Crippen LogP contribution in [0.4, 0.5) is 0 Å². The molecular weight excluding hydrogens is 388 g/mol. The first-order valence-electron chi connectivity index (χ1n) is 10.7. The first-order chi connectivity index (χ1) is 15.8. The predicted octanol–water partition coefficient (Wildman–Crippen LogP) is 7.78. The second-order valence-electron chi connectivity index (χ2n) is 7.95. The lowest BCUT2D eigenvalue weighted by molar-refractivity contribution is 1.25. The van der Waals surface area contributed by atoms with Gasteiger partial charge in [-0.05, 0) is 80.2 Å². The first kappa shape index (κ1) is 18.5. The van der Waals surface area contributed by atoms with E-state index in [2.05, 4.69) is 94.9 Å². The largest absolute Gasteiger partial charge is 0.255 e. The van der Waals surface area contributed by atoms with Crippen molar-refractivity contribution in [2.24, 2.45) is 0 Å². The smallest absolute Gasteiger partial charge is 0.0892 e. The summed E-state index contributed by atoms with van der Waals surface area (Å²) in [6.45, 7) is 0. The lowest BCUT2D eigenvalue weighted by Crippen LogP contribution is -1.88. The molecule has 0 saturated heterocycles. The van der Waals surface area contributed by atoms with Crippen LogP contribution >= 0.6 is 0 Å². The van der Waals surface area contributed by atoms with Gasteiger partial charge in [-0.25, -0.2) is 0 Å². The lowest BCUT2D eigenvalue weighted by Gasteiger charge is -2.10. The summed E-state index contributed by atoms with van der Waals surface area (Å²) in [5.74, 6) is 0. The number of rotatable bonds is 3. The zero-order valence-electron chi connectivity index (χ0n) is 17.4. The average molecular weight is 409 g/mol. The van der Waals surface area contributed by atoms with Gasteiger partial charge in [-0.1, -0.05) is 72.8 Å². The van der Waals surface area contributed by atoms with Crippen LogP contribution in [0, 0.1) is 0 Å². The summed E-state index contributed by atoms with van der Waals surface area (Å²) in [6, 6.07) is 38.5. The fourth-order valence-electron chi connectivity index (χ4n) is 4.33. The zero-order chi connectivity index (χ0) is 21.3. The number of aromatic nitrogens is 2. The van der Waals surface area contributed by atoms with Crippen LogP contribution in [0.2, 0.25) is 0 Å². The van der Waals surface area contributed by atoms with Gasteiger partial charge in [0.1, 0.15) is 0 Å². The Kier molecular flexibility index (Phi) is 4.47. The monoisotopic (exact) mass is 408 g/mol. The van der Waals surface area contributed by atoms with E-state index in [1.54, 1.807) is 6.20 Å². The van der Waals surface area contributed by atoms with E-state index >= 15 is 0 Å². The predicted molar refractivity (Wildman–Crippen MR) is 133 cm³/mol. The molecule has 6 rings (SSSR count). The summed E-state index contributed by atoms with van der Waals surface area (Å²) in [5, 5.41) is 5.08. The standard InChI is InChI=1S/C30H20N2/c1-2-7-24-19-28-26(18-23(24)6-1)8-5-9-27(28)22-13-11-21(12-14-22)25-15-17-32-30(20-25)29-10-3-4-16-31-29/h1-20H. The van der Waals surface area contributed by atoms with Gasteiger partial charge in [0.15, 0.2) is 0 Å². The Hall–Kier alpha value is -4.30. The second kappa shape index (κ2) is 7.75. The highest BCUT2D eigenvalue weighted by molar-refractivity contribution is 6.05. The molecule has 0 unspecified atom stereocenters. The van der Waals surface area contributed by atoms with Gasteiger partial charge >= 0.3 is 0 Å². The van der Waals surface area contributed by atoms with Gasteiger partial charge < -0.3 is 0 Å². The van der Waals surface area contributed by atoms with Crippen LogP contribution in [0.25, 0.3) is 55.2 Å². The third-order valence-corrected chi connectivity index (χ3v) is 5.96. The normalized spacial score (nSPS) is 11.1. The number of fused-ring (bicyclic) bond motifs is 2. The molecule has 2 heteroatoms. The van der Waals surface area contributed by atoms with E-state index in [0.29, 0.717) is 0 Å². The molecule has 0 radical (unpaired) electrons. The number of hydrogen-bond donors (Lipinski definition) is 0. The van der Waals surface area contributed by atoms with E-state index in [-0.39, 0.29) is 0 Å². The van der Waals surface area contributed by atoms with Crippen molar-refractivity contribution in [3.05, 3.63) is 122 Å². The Balaban J connectivity index is 1.40. The maximum atomic E-state index is 4.50. The molecule has 0 saturated carbocycles. The highest BCUT2D eigenvalue weighted by Gasteiger charge is 2.07. The Labute approximate surface area is 186 Å².